The van der Waals surface area contributed by atoms with Gasteiger partial charge in [0, 0.05) is 6.42 Å². The fraction of sp³-hybridized carbons (Fsp3) is 0.333. The molecule has 0 unspecified atom stereocenters. The number of allylic oxidation sites excluding steroid dienone is 10. The Morgan fingerprint density at radius 1 is 1.05 bits per heavy atom. The zero-order valence-corrected chi connectivity index (χ0v) is 12.5. The summed E-state index contributed by atoms with van der Waals surface area (Å²) in [6, 6.07) is 0. The van der Waals surface area contributed by atoms with Crippen molar-refractivity contribution in [2.45, 2.75) is 40.0 Å². The minimum atomic E-state index is 0.270. The molecule has 20 heavy (non-hydrogen) atoms. The molecule has 0 bridgehead atoms. The van der Waals surface area contributed by atoms with E-state index < -0.39 is 0 Å². The van der Waals surface area contributed by atoms with Crippen LogP contribution in [0.15, 0.2) is 58.7 Å². The van der Waals surface area contributed by atoms with Gasteiger partial charge in [0.15, 0.2) is 5.78 Å². The van der Waals surface area contributed by atoms with Crippen molar-refractivity contribution in [3.05, 3.63) is 58.7 Å². The predicted octanol–water partition coefficient (Wildman–Crippen LogP) is 4.26. The van der Waals surface area contributed by atoms with Gasteiger partial charge in [-0.25, -0.2) is 0 Å². The summed E-state index contributed by atoms with van der Waals surface area (Å²) in [6.07, 6.45) is 15.0. The number of aldehydes is 1. The summed E-state index contributed by atoms with van der Waals surface area (Å²) in [6.45, 7) is 5.69. The highest BCUT2D eigenvalue weighted by molar-refractivity contribution is 5.96. The first-order valence-corrected chi connectivity index (χ1v) is 6.92. The average molecular weight is 270 g/mol. The Morgan fingerprint density at radius 3 is 2.35 bits per heavy atom. The fourth-order valence-corrected chi connectivity index (χ4v) is 1.94. The second-order valence-corrected chi connectivity index (χ2v) is 5.08. The summed E-state index contributed by atoms with van der Waals surface area (Å²) in [4.78, 5) is 22.0. The van der Waals surface area contributed by atoms with Gasteiger partial charge in [-0.15, -0.1) is 0 Å². The summed E-state index contributed by atoms with van der Waals surface area (Å²) in [5.41, 5.74) is 3.86. The molecule has 0 atom stereocenters. The first-order valence-electron chi connectivity index (χ1n) is 6.92. The molecular formula is C18H22O2. The van der Waals surface area contributed by atoms with Crippen LogP contribution >= 0.6 is 0 Å². The Bertz CT molecular complexity index is 526. The number of hydrogen-bond acceptors (Lipinski definition) is 2. The third kappa shape index (κ3) is 5.35. The van der Waals surface area contributed by atoms with Crippen molar-refractivity contribution in [2.75, 3.05) is 0 Å². The molecule has 0 aromatic rings. The normalized spacial score (nSPS) is 18.4. The Kier molecular flexibility index (Phi) is 6.65. The van der Waals surface area contributed by atoms with Gasteiger partial charge in [0.2, 0.25) is 0 Å². The van der Waals surface area contributed by atoms with Crippen LogP contribution in [-0.4, -0.2) is 12.1 Å². The predicted molar refractivity (Wildman–Crippen MR) is 83.4 cm³/mol. The van der Waals surface area contributed by atoms with Crippen molar-refractivity contribution >= 4 is 12.1 Å². The van der Waals surface area contributed by atoms with Crippen molar-refractivity contribution < 1.29 is 9.59 Å². The molecule has 0 heterocycles. The molecule has 0 aliphatic heterocycles. The van der Waals surface area contributed by atoms with E-state index in [0.717, 1.165) is 35.8 Å². The third-order valence-corrected chi connectivity index (χ3v) is 3.31. The zero-order chi connectivity index (χ0) is 15.0. The highest BCUT2D eigenvalue weighted by atomic mass is 16.1. The van der Waals surface area contributed by atoms with E-state index in [-0.39, 0.29) is 5.78 Å². The lowest BCUT2D eigenvalue weighted by Crippen LogP contribution is -2.07. The van der Waals surface area contributed by atoms with Crippen LogP contribution in [0.1, 0.15) is 40.0 Å². The summed E-state index contributed by atoms with van der Waals surface area (Å²) >= 11 is 0. The maximum absolute atomic E-state index is 11.6. The summed E-state index contributed by atoms with van der Waals surface area (Å²) < 4.78 is 0. The van der Waals surface area contributed by atoms with Crippen molar-refractivity contribution in [3.63, 3.8) is 0 Å². The lowest BCUT2D eigenvalue weighted by Gasteiger charge is -2.13. The van der Waals surface area contributed by atoms with E-state index in [4.69, 9.17) is 0 Å². The maximum Gasteiger partial charge on any atom is 0.158 e. The summed E-state index contributed by atoms with van der Waals surface area (Å²) in [5, 5.41) is 0. The summed E-state index contributed by atoms with van der Waals surface area (Å²) in [5.74, 6) is 0.270. The Balaban J connectivity index is 2.68. The van der Waals surface area contributed by atoms with Crippen molar-refractivity contribution in [1.29, 1.82) is 0 Å². The van der Waals surface area contributed by atoms with Crippen LogP contribution in [0, 0.1) is 0 Å². The van der Waals surface area contributed by atoms with Gasteiger partial charge in [-0.1, -0.05) is 42.0 Å². The SMILES string of the molecule is CC1=C(/C=C/C(C)=C\C=C\C=C(\C)C=O)CCCC1=O. The van der Waals surface area contributed by atoms with E-state index in [2.05, 4.69) is 0 Å². The highest BCUT2D eigenvalue weighted by Gasteiger charge is 2.14. The molecule has 0 fully saturated rings. The first kappa shape index (κ1) is 16.1. The Hall–Kier alpha value is -1.96. The van der Waals surface area contributed by atoms with Crippen LogP contribution in [-0.2, 0) is 9.59 Å². The molecular weight excluding hydrogens is 248 g/mol. The number of hydrogen-bond donors (Lipinski definition) is 0. The van der Waals surface area contributed by atoms with Gasteiger partial charge in [-0.3, -0.25) is 9.59 Å². The molecule has 2 heteroatoms. The van der Waals surface area contributed by atoms with Crippen LogP contribution in [0.25, 0.3) is 0 Å². The molecule has 0 N–H and O–H groups in total. The second-order valence-electron chi connectivity index (χ2n) is 5.08. The van der Waals surface area contributed by atoms with Gasteiger partial charge in [0.25, 0.3) is 0 Å². The van der Waals surface area contributed by atoms with E-state index in [1.54, 1.807) is 13.0 Å². The van der Waals surface area contributed by atoms with Gasteiger partial charge in [0.05, 0.1) is 0 Å². The molecule has 2 nitrogen and oxygen atoms in total. The van der Waals surface area contributed by atoms with Gasteiger partial charge >= 0.3 is 0 Å². The van der Waals surface area contributed by atoms with Gasteiger partial charge in [-0.2, -0.15) is 0 Å². The number of carbonyl (C=O) groups is 2. The number of rotatable bonds is 5. The van der Waals surface area contributed by atoms with Crippen molar-refractivity contribution in [1.82, 2.24) is 0 Å². The molecule has 0 amide bonds. The minimum absolute atomic E-state index is 0.270. The van der Waals surface area contributed by atoms with Gasteiger partial charge in [-0.05, 0) is 50.3 Å². The molecule has 0 saturated carbocycles. The average Bonchev–Trinajstić information content (AvgIpc) is 2.44. The quantitative estimate of drug-likeness (QED) is 0.425. The maximum atomic E-state index is 11.6. The van der Waals surface area contributed by atoms with Crippen LogP contribution in [0.2, 0.25) is 0 Å². The monoisotopic (exact) mass is 270 g/mol. The molecule has 0 spiro atoms. The Morgan fingerprint density at radius 2 is 1.70 bits per heavy atom. The van der Waals surface area contributed by atoms with Crippen LogP contribution in [0.4, 0.5) is 0 Å². The second kappa shape index (κ2) is 8.26. The number of carbonyl (C=O) groups excluding carboxylic acids is 2. The van der Waals surface area contributed by atoms with E-state index in [9.17, 15) is 9.59 Å². The molecule has 0 radical (unpaired) electrons. The number of ketones is 1. The number of Topliss-reactive ketones (excluding diaryl/α,β-unsaturated/α-hetero) is 1. The lowest BCUT2D eigenvalue weighted by molar-refractivity contribution is -0.116. The fourth-order valence-electron chi connectivity index (χ4n) is 1.94. The van der Waals surface area contributed by atoms with Crippen LogP contribution < -0.4 is 0 Å². The van der Waals surface area contributed by atoms with E-state index in [1.807, 2.05) is 44.2 Å². The summed E-state index contributed by atoms with van der Waals surface area (Å²) in [7, 11) is 0. The Labute approximate surface area is 121 Å². The zero-order valence-electron chi connectivity index (χ0n) is 12.5. The van der Waals surface area contributed by atoms with Crippen LogP contribution in [0.3, 0.4) is 0 Å². The molecule has 0 aromatic heterocycles. The standard InChI is InChI=1S/C18H22O2/c1-14(7-4-5-8-15(2)13-19)11-12-17-9-6-10-18(20)16(17)3/h4-5,7-8,11-13H,6,9-10H2,1-3H3/b5-4+,12-11+,14-7-,15-8-. The van der Waals surface area contributed by atoms with E-state index in [1.165, 1.54) is 0 Å². The lowest BCUT2D eigenvalue weighted by atomic mass is 9.91. The van der Waals surface area contributed by atoms with Gasteiger partial charge < -0.3 is 0 Å². The highest BCUT2D eigenvalue weighted by Crippen LogP contribution is 2.22. The van der Waals surface area contributed by atoms with Gasteiger partial charge in [0.1, 0.15) is 6.29 Å². The van der Waals surface area contributed by atoms with E-state index in [0.29, 0.717) is 12.0 Å². The first-order chi connectivity index (χ1) is 9.54. The molecule has 106 valence electrons. The largest absolute Gasteiger partial charge is 0.298 e. The molecule has 1 aliphatic carbocycles. The molecule has 1 aliphatic rings. The topological polar surface area (TPSA) is 34.1 Å². The van der Waals surface area contributed by atoms with E-state index >= 15 is 0 Å². The molecule has 1 rings (SSSR count). The molecule has 0 aromatic carbocycles. The van der Waals surface area contributed by atoms with Crippen molar-refractivity contribution in [3.8, 4) is 0 Å². The van der Waals surface area contributed by atoms with Crippen LogP contribution in [0.5, 0.6) is 0 Å². The van der Waals surface area contributed by atoms with Crippen molar-refractivity contribution in [2.24, 2.45) is 0 Å². The molecule has 0 saturated heterocycles. The smallest absolute Gasteiger partial charge is 0.158 e. The third-order valence-electron chi connectivity index (χ3n) is 3.31. The minimum Gasteiger partial charge on any atom is -0.298 e.